The third-order valence-electron chi connectivity index (χ3n) is 2.97. The molecule has 2 aromatic carbocycles. The molecular formula is C15H12ClF3O3S. The lowest BCUT2D eigenvalue weighted by molar-refractivity contribution is -0.193. The van der Waals surface area contributed by atoms with Crippen LogP contribution in [-0.2, 0) is 20.7 Å². The molecule has 0 heterocycles. The minimum atomic E-state index is -4.82. The van der Waals surface area contributed by atoms with Gasteiger partial charge in [0.25, 0.3) is 10.1 Å². The molecule has 0 aliphatic heterocycles. The van der Waals surface area contributed by atoms with Gasteiger partial charge in [-0.2, -0.15) is 21.6 Å². The molecule has 1 atom stereocenters. The zero-order chi connectivity index (χ0) is 17.1. The average Bonchev–Trinajstić information content (AvgIpc) is 2.47. The second kappa shape index (κ2) is 6.90. The van der Waals surface area contributed by atoms with E-state index in [9.17, 15) is 21.6 Å². The van der Waals surface area contributed by atoms with E-state index in [1.807, 2.05) is 0 Å². The van der Waals surface area contributed by atoms with Crippen LogP contribution in [0.25, 0.3) is 0 Å². The van der Waals surface area contributed by atoms with Crippen molar-refractivity contribution in [2.24, 2.45) is 0 Å². The Morgan fingerprint density at radius 1 is 1.00 bits per heavy atom. The number of benzene rings is 2. The maximum Gasteiger partial charge on any atom is 0.416 e. The fraction of sp³-hybridized carbons (Fsp3) is 0.200. The summed E-state index contributed by atoms with van der Waals surface area (Å²) in [7, 11) is -4.56. The van der Waals surface area contributed by atoms with Crippen molar-refractivity contribution in [3.8, 4) is 0 Å². The third-order valence-corrected chi connectivity index (χ3v) is 4.56. The molecule has 8 heteroatoms. The highest BCUT2D eigenvalue weighted by molar-refractivity contribution is 7.86. The Morgan fingerprint density at radius 2 is 1.57 bits per heavy atom. The summed E-state index contributed by atoms with van der Waals surface area (Å²) in [6.45, 7) is 0. The van der Waals surface area contributed by atoms with Gasteiger partial charge in [0.1, 0.15) is 0 Å². The van der Waals surface area contributed by atoms with E-state index in [0.29, 0.717) is 5.56 Å². The van der Waals surface area contributed by atoms with Crippen molar-refractivity contribution in [2.45, 2.75) is 23.6 Å². The van der Waals surface area contributed by atoms with Gasteiger partial charge in [0, 0.05) is 11.4 Å². The molecule has 0 spiro atoms. The van der Waals surface area contributed by atoms with Crippen LogP contribution in [-0.4, -0.2) is 20.7 Å². The summed E-state index contributed by atoms with van der Waals surface area (Å²) >= 11 is 5.63. The first kappa shape index (κ1) is 17.8. The van der Waals surface area contributed by atoms with Gasteiger partial charge in [0.15, 0.2) is 6.10 Å². The average molecular weight is 365 g/mol. The predicted octanol–water partition coefficient (Wildman–Crippen LogP) is 4.22. The van der Waals surface area contributed by atoms with Crippen molar-refractivity contribution in [2.75, 3.05) is 0 Å². The first-order valence-electron chi connectivity index (χ1n) is 6.48. The Bertz CT molecular complexity index is 744. The molecule has 0 N–H and O–H groups in total. The maximum atomic E-state index is 13.1. The molecule has 0 aliphatic rings. The van der Waals surface area contributed by atoms with Crippen LogP contribution >= 0.6 is 11.6 Å². The summed E-state index contributed by atoms with van der Waals surface area (Å²) in [6, 6.07) is 12.4. The highest BCUT2D eigenvalue weighted by Crippen LogP contribution is 2.29. The third kappa shape index (κ3) is 4.95. The van der Waals surface area contributed by atoms with Gasteiger partial charge in [0.05, 0.1) is 4.90 Å². The normalized spacial score (nSPS) is 13.7. The summed E-state index contributed by atoms with van der Waals surface area (Å²) in [6.07, 6.45) is -7.89. The Hall–Kier alpha value is -1.57. The van der Waals surface area contributed by atoms with Crippen LogP contribution in [0, 0.1) is 0 Å². The van der Waals surface area contributed by atoms with Crippen LogP contribution in [0.2, 0.25) is 5.02 Å². The number of hydrogen-bond acceptors (Lipinski definition) is 3. The van der Waals surface area contributed by atoms with Gasteiger partial charge in [-0.3, -0.25) is 4.18 Å². The van der Waals surface area contributed by atoms with E-state index in [-0.39, 0.29) is 9.92 Å². The molecular weight excluding hydrogens is 353 g/mol. The van der Waals surface area contributed by atoms with E-state index >= 15 is 0 Å². The standard InChI is InChI=1S/C15H12ClF3O3S/c16-12-6-8-13(9-7-12)23(20,21)22-14(15(17,18)19)10-11-4-2-1-3-5-11/h1-9,14H,10H2/t14-/m1/s1. The predicted molar refractivity (Wildman–Crippen MR) is 79.7 cm³/mol. The van der Waals surface area contributed by atoms with Gasteiger partial charge in [-0.05, 0) is 29.8 Å². The summed E-state index contributed by atoms with van der Waals surface area (Å²) < 4.78 is 67.8. The molecule has 0 amide bonds. The molecule has 2 rings (SSSR count). The van der Waals surface area contributed by atoms with Gasteiger partial charge in [0.2, 0.25) is 0 Å². The monoisotopic (exact) mass is 364 g/mol. The SMILES string of the molecule is O=S(=O)(O[C@H](Cc1ccccc1)C(F)(F)F)c1ccc(Cl)cc1. The summed E-state index contributed by atoms with van der Waals surface area (Å²) in [5, 5.41) is 0.264. The van der Waals surface area contributed by atoms with Crippen LogP contribution in [0.4, 0.5) is 13.2 Å². The van der Waals surface area contributed by atoms with E-state index < -0.39 is 28.8 Å². The van der Waals surface area contributed by atoms with Gasteiger partial charge in [-0.1, -0.05) is 41.9 Å². The second-order valence-corrected chi connectivity index (χ2v) is 6.73. The van der Waals surface area contributed by atoms with Crippen LogP contribution in [0.15, 0.2) is 59.5 Å². The fourth-order valence-corrected chi connectivity index (χ4v) is 3.03. The van der Waals surface area contributed by atoms with E-state index in [1.54, 1.807) is 18.2 Å². The fourth-order valence-electron chi connectivity index (χ4n) is 1.84. The lowest BCUT2D eigenvalue weighted by Gasteiger charge is -2.20. The van der Waals surface area contributed by atoms with E-state index in [4.69, 9.17) is 11.6 Å². The number of halogens is 4. The highest BCUT2D eigenvalue weighted by atomic mass is 35.5. The molecule has 0 saturated carbocycles. The quantitative estimate of drug-likeness (QED) is 0.746. The Morgan fingerprint density at radius 3 is 2.09 bits per heavy atom. The van der Waals surface area contributed by atoms with Gasteiger partial charge >= 0.3 is 6.18 Å². The van der Waals surface area contributed by atoms with Crippen LogP contribution in [0.3, 0.4) is 0 Å². The lowest BCUT2D eigenvalue weighted by Crippen LogP contribution is -2.35. The zero-order valence-corrected chi connectivity index (χ0v) is 13.2. The molecule has 124 valence electrons. The Balaban J connectivity index is 2.25. The molecule has 0 saturated heterocycles. The van der Waals surface area contributed by atoms with E-state index in [0.717, 1.165) is 12.1 Å². The van der Waals surface area contributed by atoms with Crippen LogP contribution < -0.4 is 0 Å². The smallest absolute Gasteiger partial charge is 0.253 e. The van der Waals surface area contributed by atoms with Crippen LogP contribution in [0.5, 0.6) is 0 Å². The van der Waals surface area contributed by atoms with Crippen molar-refractivity contribution in [1.82, 2.24) is 0 Å². The topological polar surface area (TPSA) is 43.4 Å². The molecule has 0 unspecified atom stereocenters. The largest absolute Gasteiger partial charge is 0.416 e. The molecule has 2 aromatic rings. The summed E-state index contributed by atoms with van der Waals surface area (Å²) in [4.78, 5) is -0.385. The molecule has 0 fully saturated rings. The maximum absolute atomic E-state index is 13.1. The van der Waals surface area contributed by atoms with Crippen molar-refractivity contribution in [3.63, 3.8) is 0 Å². The van der Waals surface area contributed by atoms with Gasteiger partial charge < -0.3 is 0 Å². The highest BCUT2D eigenvalue weighted by Gasteiger charge is 2.44. The molecule has 3 nitrogen and oxygen atoms in total. The molecule has 0 aliphatic carbocycles. The number of rotatable bonds is 5. The minimum Gasteiger partial charge on any atom is -0.253 e. The first-order valence-corrected chi connectivity index (χ1v) is 8.26. The van der Waals surface area contributed by atoms with Crippen molar-refractivity contribution < 1.29 is 25.8 Å². The summed E-state index contributed by atoms with van der Waals surface area (Å²) in [5.74, 6) is 0. The van der Waals surface area contributed by atoms with Crippen molar-refractivity contribution >= 4 is 21.7 Å². The number of alkyl halides is 3. The Kier molecular flexibility index (Phi) is 5.33. The minimum absolute atomic E-state index is 0.264. The van der Waals surface area contributed by atoms with E-state index in [2.05, 4.69) is 4.18 Å². The van der Waals surface area contributed by atoms with Crippen molar-refractivity contribution in [3.05, 3.63) is 65.2 Å². The molecule has 0 aromatic heterocycles. The first-order chi connectivity index (χ1) is 10.7. The van der Waals surface area contributed by atoms with Gasteiger partial charge in [-0.25, -0.2) is 0 Å². The molecule has 0 radical (unpaired) electrons. The second-order valence-electron chi connectivity index (χ2n) is 4.72. The zero-order valence-electron chi connectivity index (χ0n) is 11.6. The van der Waals surface area contributed by atoms with Crippen LogP contribution in [0.1, 0.15) is 5.56 Å². The van der Waals surface area contributed by atoms with E-state index in [1.165, 1.54) is 24.3 Å². The lowest BCUT2D eigenvalue weighted by atomic mass is 10.1. The van der Waals surface area contributed by atoms with Crippen molar-refractivity contribution in [1.29, 1.82) is 0 Å². The van der Waals surface area contributed by atoms with Gasteiger partial charge in [-0.15, -0.1) is 0 Å². The Labute approximate surface area is 136 Å². The molecule has 23 heavy (non-hydrogen) atoms. The summed E-state index contributed by atoms with van der Waals surface area (Å²) in [5.41, 5.74) is 0.320. The number of hydrogen-bond donors (Lipinski definition) is 0. The molecule has 0 bridgehead atoms.